The minimum Gasteiger partial charge on any atom is -0.307 e. The third kappa shape index (κ3) is 3.15. The molecule has 5 rings (SSSR count). The Labute approximate surface area is 170 Å². The van der Waals surface area contributed by atoms with Gasteiger partial charge < -0.3 is 4.90 Å². The van der Waals surface area contributed by atoms with E-state index < -0.39 is 0 Å². The first-order valence-corrected chi connectivity index (χ1v) is 10.3. The molecule has 0 N–H and O–H groups in total. The number of aryl methyl sites for hydroxylation is 1. The fourth-order valence-corrected chi connectivity index (χ4v) is 4.92. The molecule has 5 heteroatoms. The number of halogens is 1. The van der Waals surface area contributed by atoms with Gasteiger partial charge in [0.15, 0.2) is 0 Å². The predicted molar refractivity (Wildman–Crippen MR) is 111 cm³/mol. The van der Waals surface area contributed by atoms with E-state index in [1.807, 2.05) is 37.5 Å². The zero-order chi connectivity index (χ0) is 20.0. The summed E-state index contributed by atoms with van der Waals surface area (Å²) in [7, 11) is 1.84. The third-order valence-electron chi connectivity index (χ3n) is 6.39. The van der Waals surface area contributed by atoms with Gasteiger partial charge in [-0.3, -0.25) is 9.48 Å². The van der Waals surface area contributed by atoms with E-state index in [1.54, 1.807) is 21.8 Å². The standard InChI is InChI=1S/C24H24FN3O/c1-27-14-19(13-26-27)17-10-11-18(21(25)12-17)15-28-22-9-5-4-8-20(22)23(24(28)29)16-6-2-3-7-16/h4-5,8-14,16,23H,2-3,6-7,15H2,1H3. The number of aromatic nitrogens is 2. The second-order valence-electron chi connectivity index (χ2n) is 8.21. The number of carbonyl (C=O) groups excluding carboxylic acids is 1. The molecule has 0 bridgehead atoms. The fraction of sp³-hybridized carbons (Fsp3) is 0.333. The van der Waals surface area contributed by atoms with Gasteiger partial charge >= 0.3 is 0 Å². The van der Waals surface area contributed by atoms with Gasteiger partial charge in [-0.05, 0) is 42.0 Å². The van der Waals surface area contributed by atoms with Crippen LogP contribution < -0.4 is 4.90 Å². The molecule has 1 aliphatic carbocycles. The van der Waals surface area contributed by atoms with Crippen LogP contribution in [0.3, 0.4) is 0 Å². The van der Waals surface area contributed by atoms with Gasteiger partial charge in [-0.2, -0.15) is 5.10 Å². The summed E-state index contributed by atoms with van der Waals surface area (Å²) in [6.45, 7) is 0.262. The average molecular weight is 389 g/mol. The van der Waals surface area contributed by atoms with Gasteiger partial charge in [-0.25, -0.2) is 4.39 Å². The lowest BCUT2D eigenvalue weighted by Gasteiger charge is -2.21. The quantitative estimate of drug-likeness (QED) is 0.626. The monoisotopic (exact) mass is 389 g/mol. The topological polar surface area (TPSA) is 38.1 Å². The van der Waals surface area contributed by atoms with Crippen molar-refractivity contribution in [2.24, 2.45) is 13.0 Å². The Hall–Kier alpha value is -2.95. The van der Waals surface area contributed by atoms with Crippen LogP contribution in [0.15, 0.2) is 54.9 Å². The molecule has 2 heterocycles. The number of anilines is 1. The number of benzene rings is 2. The lowest BCUT2D eigenvalue weighted by atomic mass is 9.86. The second-order valence-corrected chi connectivity index (χ2v) is 8.21. The van der Waals surface area contributed by atoms with Gasteiger partial charge in [0.05, 0.1) is 18.7 Å². The minimum absolute atomic E-state index is 0.0774. The van der Waals surface area contributed by atoms with Crippen LogP contribution in [0.25, 0.3) is 11.1 Å². The summed E-state index contributed by atoms with van der Waals surface area (Å²) in [6.07, 6.45) is 8.18. The molecule has 2 aliphatic rings. The van der Waals surface area contributed by atoms with Crippen molar-refractivity contribution in [3.8, 4) is 11.1 Å². The van der Waals surface area contributed by atoms with Crippen LogP contribution in [0.1, 0.15) is 42.7 Å². The number of amides is 1. The van der Waals surface area contributed by atoms with Crippen molar-refractivity contribution in [1.29, 1.82) is 0 Å². The normalized spacial score (nSPS) is 19.2. The summed E-state index contributed by atoms with van der Waals surface area (Å²) in [4.78, 5) is 15.1. The Kier molecular flexibility index (Phi) is 4.46. The maximum atomic E-state index is 14.9. The molecule has 148 valence electrons. The van der Waals surface area contributed by atoms with E-state index in [9.17, 15) is 9.18 Å². The van der Waals surface area contributed by atoms with E-state index in [0.717, 1.165) is 35.2 Å². The van der Waals surface area contributed by atoms with E-state index in [0.29, 0.717) is 11.5 Å². The number of nitrogens with zero attached hydrogens (tertiary/aromatic N) is 3. The largest absolute Gasteiger partial charge is 0.307 e. The number of fused-ring (bicyclic) bond motifs is 1. The van der Waals surface area contributed by atoms with E-state index in [2.05, 4.69) is 11.2 Å². The van der Waals surface area contributed by atoms with E-state index in [4.69, 9.17) is 0 Å². The summed E-state index contributed by atoms with van der Waals surface area (Å²) >= 11 is 0. The zero-order valence-electron chi connectivity index (χ0n) is 16.5. The van der Waals surface area contributed by atoms with Crippen LogP contribution in [-0.2, 0) is 18.4 Å². The van der Waals surface area contributed by atoms with Crippen molar-refractivity contribution in [2.45, 2.75) is 38.1 Å². The molecule has 1 aromatic heterocycles. The molecule has 1 aliphatic heterocycles. The van der Waals surface area contributed by atoms with E-state index in [-0.39, 0.29) is 24.2 Å². The van der Waals surface area contributed by atoms with E-state index in [1.165, 1.54) is 18.9 Å². The highest BCUT2D eigenvalue weighted by molar-refractivity contribution is 6.05. The van der Waals surface area contributed by atoms with Gasteiger partial charge in [0.25, 0.3) is 0 Å². The molecule has 0 spiro atoms. The van der Waals surface area contributed by atoms with Gasteiger partial charge in [-0.1, -0.05) is 43.2 Å². The Morgan fingerprint density at radius 3 is 2.62 bits per heavy atom. The average Bonchev–Trinajstić information content (AvgIpc) is 3.44. The van der Waals surface area contributed by atoms with Crippen molar-refractivity contribution in [3.05, 3.63) is 71.8 Å². The number of rotatable bonds is 4. The highest BCUT2D eigenvalue weighted by Crippen LogP contribution is 2.47. The van der Waals surface area contributed by atoms with Crippen LogP contribution in [0.2, 0.25) is 0 Å². The van der Waals surface area contributed by atoms with Crippen molar-refractivity contribution in [1.82, 2.24) is 9.78 Å². The van der Waals surface area contributed by atoms with Gasteiger partial charge in [0, 0.05) is 30.1 Å². The Morgan fingerprint density at radius 2 is 1.90 bits per heavy atom. The highest BCUT2D eigenvalue weighted by atomic mass is 19.1. The summed E-state index contributed by atoms with van der Waals surface area (Å²) < 4.78 is 16.6. The van der Waals surface area contributed by atoms with Crippen LogP contribution in [-0.4, -0.2) is 15.7 Å². The molecular weight excluding hydrogens is 365 g/mol. The van der Waals surface area contributed by atoms with Crippen molar-refractivity contribution >= 4 is 11.6 Å². The zero-order valence-corrected chi connectivity index (χ0v) is 16.5. The van der Waals surface area contributed by atoms with Gasteiger partial charge in [-0.15, -0.1) is 0 Å². The predicted octanol–water partition coefficient (Wildman–Crippen LogP) is 5.05. The summed E-state index contributed by atoms with van der Waals surface area (Å²) in [5, 5.41) is 4.15. The van der Waals surface area contributed by atoms with Gasteiger partial charge in [0.1, 0.15) is 5.82 Å². The molecule has 1 unspecified atom stereocenters. The molecular formula is C24H24FN3O. The molecule has 1 atom stereocenters. The maximum absolute atomic E-state index is 14.9. The number of hydrogen-bond donors (Lipinski definition) is 0. The number of para-hydroxylation sites is 1. The molecule has 2 aromatic carbocycles. The van der Waals surface area contributed by atoms with Crippen molar-refractivity contribution in [3.63, 3.8) is 0 Å². The molecule has 4 nitrogen and oxygen atoms in total. The summed E-state index contributed by atoms with van der Waals surface area (Å²) in [5.74, 6) is 0.160. The van der Waals surface area contributed by atoms with Crippen LogP contribution in [0.5, 0.6) is 0 Å². The molecule has 1 fully saturated rings. The molecule has 3 aromatic rings. The fourth-order valence-electron chi connectivity index (χ4n) is 4.92. The number of hydrogen-bond acceptors (Lipinski definition) is 2. The van der Waals surface area contributed by atoms with Gasteiger partial charge in [0.2, 0.25) is 5.91 Å². The molecule has 1 amide bonds. The molecule has 0 radical (unpaired) electrons. The Balaban J connectivity index is 1.45. The van der Waals surface area contributed by atoms with E-state index >= 15 is 0 Å². The number of carbonyl (C=O) groups is 1. The lowest BCUT2D eigenvalue weighted by molar-refractivity contribution is -0.120. The Bertz CT molecular complexity index is 1070. The van der Waals surface area contributed by atoms with Crippen LogP contribution in [0.4, 0.5) is 10.1 Å². The third-order valence-corrected chi connectivity index (χ3v) is 6.39. The molecule has 0 saturated heterocycles. The first-order chi connectivity index (χ1) is 14.1. The molecule has 29 heavy (non-hydrogen) atoms. The lowest BCUT2D eigenvalue weighted by Crippen LogP contribution is -2.30. The first-order valence-electron chi connectivity index (χ1n) is 10.3. The van der Waals surface area contributed by atoms with Crippen LogP contribution >= 0.6 is 0 Å². The summed E-state index contributed by atoms with van der Waals surface area (Å²) in [6, 6.07) is 13.2. The molecule has 1 saturated carbocycles. The first kappa shape index (κ1) is 18.1. The smallest absolute Gasteiger partial charge is 0.235 e. The maximum Gasteiger partial charge on any atom is 0.235 e. The Morgan fingerprint density at radius 1 is 1.10 bits per heavy atom. The minimum atomic E-state index is -0.291. The van der Waals surface area contributed by atoms with Crippen molar-refractivity contribution in [2.75, 3.05) is 4.90 Å². The highest BCUT2D eigenvalue weighted by Gasteiger charge is 2.42. The summed E-state index contributed by atoms with van der Waals surface area (Å²) in [5.41, 5.74) is 4.24. The van der Waals surface area contributed by atoms with Crippen molar-refractivity contribution < 1.29 is 9.18 Å². The second kappa shape index (κ2) is 7.14. The SMILES string of the molecule is Cn1cc(-c2ccc(CN3C(=O)C(C4CCCC4)c4ccccc43)c(F)c2)cn1. The van der Waals surface area contributed by atoms with Crippen LogP contribution in [0, 0.1) is 11.7 Å².